The quantitative estimate of drug-likeness (QED) is 0.584. The van der Waals surface area contributed by atoms with Crippen molar-refractivity contribution in [2.45, 2.75) is 6.16 Å². The van der Waals surface area contributed by atoms with Crippen LogP contribution in [-0.2, 0) is 6.16 Å². The molecule has 0 aliphatic rings. The van der Waals surface area contributed by atoms with Crippen LogP contribution >= 0.6 is 7.22 Å². The summed E-state index contributed by atoms with van der Waals surface area (Å²) in [5.41, 5.74) is 0.665. The number of hydrogen-bond donors (Lipinski definition) is 0. The summed E-state index contributed by atoms with van der Waals surface area (Å²) in [7, 11) is -5.24. The van der Waals surface area contributed by atoms with Crippen molar-refractivity contribution in [2.75, 3.05) is 0 Å². The second-order valence-electron chi connectivity index (χ2n) is 5.38. The first-order valence-corrected chi connectivity index (χ1v) is 9.39. The molecule has 0 heterocycles. The molecule has 0 bridgehead atoms. The first kappa shape index (κ1) is 14.9. The third-order valence-corrected chi connectivity index (χ3v) is 7.37. The van der Waals surface area contributed by atoms with Gasteiger partial charge in [0, 0.05) is 0 Å². The van der Waals surface area contributed by atoms with Gasteiger partial charge in [-0.1, -0.05) is 0 Å². The van der Waals surface area contributed by atoms with E-state index < -0.39 is 7.22 Å². The standard InChI is InChI=1S/C19H17F2P/c20-22(21,18-12-6-2-7-13-18,19-14-8-3-9-15-19)16-17-10-4-1-5-11-17/h1-15H,16H2. The molecule has 0 N–H and O–H groups in total. The minimum atomic E-state index is -5.24. The second kappa shape index (κ2) is 5.62. The van der Waals surface area contributed by atoms with Gasteiger partial charge in [0.05, 0.1) is 0 Å². The summed E-state index contributed by atoms with van der Waals surface area (Å²) in [6.45, 7) is 0. The van der Waals surface area contributed by atoms with Gasteiger partial charge in [0.15, 0.2) is 0 Å². The summed E-state index contributed by atoms with van der Waals surface area (Å²) in [4.78, 5) is 0. The Labute approximate surface area is 129 Å². The molecule has 0 aromatic heterocycles. The van der Waals surface area contributed by atoms with Crippen LogP contribution in [0.1, 0.15) is 5.56 Å². The van der Waals surface area contributed by atoms with Crippen LogP contribution < -0.4 is 10.6 Å². The predicted octanol–water partition coefficient (Wildman–Crippen LogP) is 5.16. The molecule has 0 nitrogen and oxygen atoms in total. The number of hydrogen-bond acceptors (Lipinski definition) is 0. The van der Waals surface area contributed by atoms with Crippen molar-refractivity contribution < 1.29 is 8.39 Å². The van der Waals surface area contributed by atoms with Gasteiger partial charge in [0.1, 0.15) is 0 Å². The van der Waals surface area contributed by atoms with E-state index in [1.54, 1.807) is 72.8 Å². The molecule has 0 atom stereocenters. The summed E-state index contributed by atoms with van der Waals surface area (Å²) in [5.74, 6) is 0. The molecule has 0 radical (unpaired) electrons. The van der Waals surface area contributed by atoms with E-state index in [1.807, 2.05) is 18.2 Å². The molecule has 0 saturated carbocycles. The molecule has 3 rings (SSSR count). The molecule has 0 amide bonds. The molecule has 0 fully saturated rings. The van der Waals surface area contributed by atoms with Crippen molar-refractivity contribution in [3.05, 3.63) is 96.6 Å². The fourth-order valence-corrected chi connectivity index (χ4v) is 5.71. The van der Waals surface area contributed by atoms with Crippen molar-refractivity contribution in [1.29, 1.82) is 0 Å². The Morgan fingerprint density at radius 2 is 0.909 bits per heavy atom. The Balaban J connectivity index is 2.19. The predicted molar refractivity (Wildman–Crippen MR) is 91.4 cm³/mol. The zero-order chi connectivity index (χ0) is 15.5. The van der Waals surface area contributed by atoms with Gasteiger partial charge < -0.3 is 0 Å². The Bertz CT molecular complexity index is 697. The van der Waals surface area contributed by atoms with Crippen molar-refractivity contribution >= 4 is 17.8 Å². The average Bonchev–Trinajstić information content (AvgIpc) is 2.57. The van der Waals surface area contributed by atoms with E-state index in [2.05, 4.69) is 0 Å². The molecule has 0 unspecified atom stereocenters. The van der Waals surface area contributed by atoms with Crippen LogP contribution in [0.3, 0.4) is 0 Å². The van der Waals surface area contributed by atoms with E-state index in [0.717, 1.165) is 0 Å². The number of benzene rings is 3. The summed E-state index contributed by atoms with van der Waals surface area (Å²) >= 11 is 0. The van der Waals surface area contributed by atoms with E-state index in [9.17, 15) is 0 Å². The van der Waals surface area contributed by atoms with Crippen LogP contribution in [-0.4, -0.2) is 0 Å². The molecule has 0 saturated heterocycles. The first-order chi connectivity index (χ1) is 10.6. The van der Waals surface area contributed by atoms with E-state index in [0.29, 0.717) is 5.56 Å². The van der Waals surface area contributed by atoms with Crippen molar-refractivity contribution in [3.8, 4) is 0 Å². The number of halogens is 2. The van der Waals surface area contributed by atoms with Gasteiger partial charge in [-0.25, -0.2) is 0 Å². The summed E-state index contributed by atoms with van der Waals surface area (Å²) in [6, 6.07) is 25.5. The Kier molecular flexibility index (Phi) is 3.80. The van der Waals surface area contributed by atoms with E-state index in [-0.39, 0.29) is 16.8 Å². The van der Waals surface area contributed by atoms with Crippen LogP contribution in [0.5, 0.6) is 0 Å². The van der Waals surface area contributed by atoms with Crippen LogP contribution in [0.25, 0.3) is 0 Å². The molecule has 0 aliphatic heterocycles. The molecule has 3 aromatic rings. The van der Waals surface area contributed by atoms with Gasteiger partial charge in [-0.3, -0.25) is 0 Å². The van der Waals surface area contributed by atoms with E-state index in [4.69, 9.17) is 0 Å². The monoisotopic (exact) mass is 314 g/mol. The topological polar surface area (TPSA) is 0 Å². The fourth-order valence-electron chi connectivity index (χ4n) is 2.68. The molecule has 0 spiro atoms. The summed E-state index contributed by atoms with van der Waals surface area (Å²) in [5, 5.41) is 0.284. The average molecular weight is 314 g/mol. The Morgan fingerprint density at radius 1 is 0.545 bits per heavy atom. The van der Waals surface area contributed by atoms with E-state index in [1.165, 1.54) is 0 Å². The zero-order valence-electron chi connectivity index (χ0n) is 12.1. The maximum absolute atomic E-state index is 16.1. The third kappa shape index (κ3) is 2.67. The van der Waals surface area contributed by atoms with Gasteiger partial charge in [0.2, 0.25) is 0 Å². The van der Waals surface area contributed by atoms with Gasteiger partial charge in [-0.2, -0.15) is 0 Å². The molecule has 3 aromatic carbocycles. The van der Waals surface area contributed by atoms with Crippen molar-refractivity contribution in [2.24, 2.45) is 0 Å². The van der Waals surface area contributed by atoms with Crippen molar-refractivity contribution in [1.82, 2.24) is 0 Å². The summed E-state index contributed by atoms with van der Waals surface area (Å²) in [6.07, 6.45) is -0.236. The SMILES string of the molecule is FP(F)(Cc1ccccc1)(c1ccccc1)c1ccccc1. The maximum atomic E-state index is 16.1. The van der Waals surface area contributed by atoms with Crippen LogP contribution in [0.4, 0.5) is 8.39 Å². The molecular weight excluding hydrogens is 297 g/mol. The van der Waals surface area contributed by atoms with Crippen LogP contribution in [0.15, 0.2) is 91.0 Å². The molecule has 112 valence electrons. The third-order valence-electron chi connectivity index (χ3n) is 3.83. The Hall–Kier alpha value is -2.05. The molecular formula is C19H17F2P. The van der Waals surface area contributed by atoms with Gasteiger partial charge in [-0.05, 0) is 0 Å². The van der Waals surface area contributed by atoms with Crippen molar-refractivity contribution in [3.63, 3.8) is 0 Å². The molecule has 0 aliphatic carbocycles. The van der Waals surface area contributed by atoms with Crippen LogP contribution in [0, 0.1) is 0 Å². The van der Waals surface area contributed by atoms with Gasteiger partial charge in [0.25, 0.3) is 0 Å². The normalized spacial score (nSPS) is 13.3. The summed E-state index contributed by atoms with van der Waals surface area (Å²) < 4.78 is 32.2. The number of rotatable bonds is 4. The first-order valence-electron chi connectivity index (χ1n) is 7.19. The molecule has 3 heteroatoms. The van der Waals surface area contributed by atoms with Gasteiger partial charge in [-0.15, -0.1) is 0 Å². The van der Waals surface area contributed by atoms with Gasteiger partial charge >= 0.3 is 129 Å². The zero-order valence-corrected chi connectivity index (χ0v) is 13.0. The Morgan fingerprint density at radius 3 is 1.32 bits per heavy atom. The molecule has 22 heavy (non-hydrogen) atoms. The minimum absolute atomic E-state index is 0.142. The van der Waals surface area contributed by atoms with E-state index >= 15 is 8.39 Å². The van der Waals surface area contributed by atoms with Crippen LogP contribution in [0.2, 0.25) is 0 Å². The second-order valence-corrected chi connectivity index (χ2v) is 8.87. The fraction of sp³-hybridized carbons (Fsp3) is 0.0526.